The van der Waals surface area contributed by atoms with Gasteiger partial charge in [0.25, 0.3) is 0 Å². The zero-order valence-corrected chi connectivity index (χ0v) is 13.7. The van der Waals surface area contributed by atoms with Crippen LogP contribution in [-0.4, -0.2) is 6.21 Å². The van der Waals surface area contributed by atoms with Gasteiger partial charge in [-0.25, -0.2) is 0 Å². The molecule has 116 valence electrons. The van der Waals surface area contributed by atoms with Crippen LogP contribution >= 0.6 is 0 Å². The Morgan fingerprint density at radius 3 is 2.08 bits per heavy atom. The topological polar surface area (TPSA) is 12.4 Å². The van der Waals surface area contributed by atoms with Crippen molar-refractivity contribution in [2.24, 2.45) is 4.99 Å². The highest BCUT2D eigenvalue weighted by Gasteiger charge is 2.30. The fourth-order valence-electron chi connectivity index (χ4n) is 3.40. The van der Waals surface area contributed by atoms with E-state index in [1.54, 1.807) is 0 Å². The molecular weight excluding hydrogens is 290 g/mol. The minimum Gasteiger partial charge on any atom is -0.256 e. The molecule has 4 rings (SSSR count). The highest BCUT2D eigenvalue weighted by Crippen LogP contribution is 2.39. The van der Waals surface area contributed by atoms with E-state index in [0.717, 1.165) is 11.3 Å². The fourth-order valence-corrected chi connectivity index (χ4v) is 3.40. The smallest absolute Gasteiger partial charge is 0.0674 e. The molecule has 1 aliphatic rings. The number of nitrogens with zero attached hydrogens (tertiary/aromatic N) is 1. The first-order valence-electron chi connectivity index (χ1n) is 8.25. The van der Waals surface area contributed by atoms with Crippen LogP contribution in [0.1, 0.15) is 29.2 Å². The average molecular weight is 309 g/mol. The molecule has 0 saturated heterocycles. The van der Waals surface area contributed by atoms with E-state index in [1.165, 1.54) is 16.7 Å². The van der Waals surface area contributed by atoms with Gasteiger partial charge >= 0.3 is 0 Å². The lowest BCUT2D eigenvalue weighted by Gasteiger charge is -2.28. The maximum Gasteiger partial charge on any atom is 0.0674 e. The summed E-state index contributed by atoms with van der Waals surface area (Å²) in [6, 6.07) is 29.6. The van der Waals surface area contributed by atoms with Gasteiger partial charge in [0.1, 0.15) is 0 Å². The van der Waals surface area contributed by atoms with Gasteiger partial charge in [-0.15, -0.1) is 0 Å². The van der Waals surface area contributed by atoms with Gasteiger partial charge in [-0.1, -0.05) is 84.9 Å². The van der Waals surface area contributed by atoms with Gasteiger partial charge in [-0.2, -0.15) is 0 Å². The third-order valence-electron chi connectivity index (χ3n) is 4.73. The third-order valence-corrected chi connectivity index (χ3v) is 4.73. The molecule has 1 atom stereocenters. The SMILES string of the molecule is CC1(c2ccccc2)C=C(c2ccccc2)N=Cc2ccccc21. The highest BCUT2D eigenvalue weighted by atomic mass is 14.7. The van der Waals surface area contributed by atoms with Crippen LogP contribution in [0.25, 0.3) is 5.70 Å². The predicted octanol–water partition coefficient (Wildman–Crippen LogP) is 5.47. The molecule has 1 unspecified atom stereocenters. The van der Waals surface area contributed by atoms with E-state index in [-0.39, 0.29) is 5.41 Å². The van der Waals surface area contributed by atoms with Crippen molar-refractivity contribution in [3.63, 3.8) is 0 Å². The summed E-state index contributed by atoms with van der Waals surface area (Å²) in [4.78, 5) is 4.79. The Morgan fingerprint density at radius 1 is 0.708 bits per heavy atom. The van der Waals surface area contributed by atoms with Crippen molar-refractivity contribution in [1.82, 2.24) is 0 Å². The molecule has 0 aliphatic carbocycles. The minimum absolute atomic E-state index is 0.223. The maximum absolute atomic E-state index is 4.79. The molecule has 24 heavy (non-hydrogen) atoms. The minimum atomic E-state index is -0.223. The second-order valence-electron chi connectivity index (χ2n) is 6.31. The van der Waals surface area contributed by atoms with Gasteiger partial charge in [0.2, 0.25) is 0 Å². The average Bonchev–Trinajstić information content (AvgIpc) is 2.81. The first-order valence-corrected chi connectivity index (χ1v) is 8.25. The summed E-state index contributed by atoms with van der Waals surface area (Å²) in [5, 5.41) is 0. The Labute approximate surface area is 143 Å². The molecule has 0 spiro atoms. The number of hydrogen-bond acceptors (Lipinski definition) is 1. The number of hydrogen-bond donors (Lipinski definition) is 0. The van der Waals surface area contributed by atoms with Gasteiger partial charge in [0, 0.05) is 11.6 Å². The second-order valence-corrected chi connectivity index (χ2v) is 6.31. The van der Waals surface area contributed by atoms with Crippen molar-refractivity contribution in [1.29, 1.82) is 0 Å². The lowest BCUT2D eigenvalue weighted by Crippen LogP contribution is -2.22. The standard InChI is InChI=1S/C23H19N/c1-23(20-13-6-3-7-14-20)16-22(18-10-4-2-5-11-18)24-17-19-12-8-9-15-21(19)23/h2-17H,1H3. The Hall–Kier alpha value is -2.93. The molecule has 0 fully saturated rings. The zero-order chi connectivity index (χ0) is 16.4. The van der Waals surface area contributed by atoms with E-state index in [0.29, 0.717) is 0 Å². The molecule has 1 nitrogen and oxygen atoms in total. The summed E-state index contributed by atoms with van der Waals surface area (Å²) in [6.45, 7) is 2.28. The van der Waals surface area contributed by atoms with E-state index in [4.69, 9.17) is 4.99 Å². The molecule has 0 radical (unpaired) electrons. The number of fused-ring (bicyclic) bond motifs is 1. The van der Waals surface area contributed by atoms with Gasteiger partial charge in [-0.3, -0.25) is 4.99 Å². The van der Waals surface area contributed by atoms with Gasteiger partial charge < -0.3 is 0 Å². The summed E-state index contributed by atoms with van der Waals surface area (Å²) >= 11 is 0. The molecule has 1 heteroatoms. The van der Waals surface area contributed by atoms with Crippen LogP contribution in [0.4, 0.5) is 0 Å². The van der Waals surface area contributed by atoms with Crippen LogP contribution in [0.3, 0.4) is 0 Å². The van der Waals surface area contributed by atoms with E-state index in [2.05, 4.69) is 91.9 Å². The monoisotopic (exact) mass is 309 g/mol. The summed E-state index contributed by atoms with van der Waals surface area (Å²) in [5.74, 6) is 0. The van der Waals surface area contributed by atoms with Crippen molar-refractivity contribution < 1.29 is 0 Å². The summed E-state index contributed by atoms with van der Waals surface area (Å²) < 4.78 is 0. The molecule has 3 aromatic carbocycles. The Morgan fingerprint density at radius 2 is 1.33 bits per heavy atom. The molecule has 1 heterocycles. The van der Waals surface area contributed by atoms with Gasteiger partial charge in [-0.05, 0) is 35.3 Å². The molecule has 0 amide bonds. The molecule has 3 aromatic rings. The van der Waals surface area contributed by atoms with Crippen LogP contribution in [0.15, 0.2) is 96.0 Å². The normalized spacial score (nSPS) is 19.3. The van der Waals surface area contributed by atoms with E-state index >= 15 is 0 Å². The van der Waals surface area contributed by atoms with Crippen molar-refractivity contribution in [3.05, 3.63) is 113 Å². The van der Waals surface area contributed by atoms with Crippen LogP contribution in [-0.2, 0) is 5.41 Å². The van der Waals surface area contributed by atoms with Crippen molar-refractivity contribution >= 4 is 11.9 Å². The van der Waals surface area contributed by atoms with E-state index in [1.807, 2.05) is 12.3 Å². The highest BCUT2D eigenvalue weighted by molar-refractivity contribution is 5.90. The quantitative estimate of drug-likeness (QED) is 0.595. The molecular formula is C23H19N. The Bertz CT molecular complexity index is 907. The van der Waals surface area contributed by atoms with Gasteiger partial charge in [0.15, 0.2) is 0 Å². The summed E-state index contributed by atoms with van der Waals surface area (Å²) in [5.41, 5.74) is 5.66. The third kappa shape index (κ3) is 2.48. The zero-order valence-electron chi connectivity index (χ0n) is 13.7. The first-order chi connectivity index (χ1) is 11.8. The summed E-state index contributed by atoms with van der Waals surface area (Å²) in [7, 11) is 0. The largest absolute Gasteiger partial charge is 0.256 e. The molecule has 0 bridgehead atoms. The lowest BCUT2D eigenvalue weighted by molar-refractivity contribution is 0.725. The Kier molecular flexibility index (Phi) is 3.62. The van der Waals surface area contributed by atoms with Crippen molar-refractivity contribution in [3.8, 4) is 0 Å². The van der Waals surface area contributed by atoms with Crippen LogP contribution in [0.5, 0.6) is 0 Å². The number of benzene rings is 3. The Balaban J connectivity index is 1.97. The number of allylic oxidation sites excluding steroid dienone is 1. The molecule has 0 saturated carbocycles. The van der Waals surface area contributed by atoms with Crippen LogP contribution in [0.2, 0.25) is 0 Å². The first kappa shape index (κ1) is 14.6. The van der Waals surface area contributed by atoms with E-state index in [9.17, 15) is 0 Å². The van der Waals surface area contributed by atoms with Crippen LogP contribution < -0.4 is 0 Å². The molecule has 0 aromatic heterocycles. The summed E-state index contributed by atoms with van der Waals surface area (Å²) in [6.07, 6.45) is 4.28. The number of aliphatic imine (C=N–C) groups is 1. The fraction of sp³-hybridized carbons (Fsp3) is 0.0870. The lowest BCUT2D eigenvalue weighted by atomic mass is 9.74. The molecule has 1 aliphatic heterocycles. The maximum atomic E-state index is 4.79. The van der Waals surface area contributed by atoms with Crippen molar-refractivity contribution in [2.75, 3.05) is 0 Å². The second kappa shape index (κ2) is 5.93. The molecule has 0 N–H and O–H groups in total. The predicted molar refractivity (Wildman–Crippen MR) is 101 cm³/mol. The van der Waals surface area contributed by atoms with Crippen LogP contribution in [0, 0.1) is 0 Å². The van der Waals surface area contributed by atoms with Gasteiger partial charge in [0.05, 0.1) is 5.70 Å². The van der Waals surface area contributed by atoms with Crippen molar-refractivity contribution in [2.45, 2.75) is 12.3 Å². The van der Waals surface area contributed by atoms with E-state index < -0.39 is 0 Å². The number of rotatable bonds is 2.